The highest BCUT2D eigenvalue weighted by Gasteiger charge is 2.27. The van der Waals surface area contributed by atoms with Crippen LogP contribution in [0, 0.1) is 13.8 Å². The van der Waals surface area contributed by atoms with Gasteiger partial charge in [0.2, 0.25) is 15.9 Å². The molecule has 2 aromatic rings. The van der Waals surface area contributed by atoms with E-state index in [0.29, 0.717) is 54.8 Å². The van der Waals surface area contributed by atoms with Crippen LogP contribution in [0.5, 0.6) is 5.75 Å². The van der Waals surface area contributed by atoms with Gasteiger partial charge in [-0.1, -0.05) is 5.16 Å². The monoisotopic (exact) mass is 437 g/mol. The number of hydrogen-bond acceptors (Lipinski definition) is 7. The number of carbonyl (C=O) groups is 1. The van der Waals surface area contributed by atoms with Gasteiger partial charge in [-0.15, -0.1) is 0 Å². The Balaban J connectivity index is 1.88. The molecule has 0 saturated carbocycles. The average molecular weight is 438 g/mol. The molecule has 164 valence electrons. The molecule has 1 aliphatic rings. The number of carbonyl (C=O) groups excluding carboxylic acids is 1. The maximum atomic E-state index is 13.0. The minimum Gasteiger partial charge on any atom is -0.489 e. The summed E-state index contributed by atoms with van der Waals surface area (Å²) in [5.74, 6) is 0.655. The number of aryl methyl sites for hydroxylation is 2. The van der Waals surface area contributed by atoms with E-state index in [1.54, 1.807) is 19.9 Å². The zero-order valence-electron chi connectivity index (χ0n) is 17.6. The lowest BCUT2D eigenvalue weighted by Crippen LogP contribution is -2.40. The summed E-state index contributed by atoms with van der Waals surface area (Å²) >= 11 is 0. The van der Waals surface area contributed by atoms with Crippen LogP contribution < -0.4 is 10.1 Å². The molecule has 0 radical (unpaired) electrons. The molecule has 0 unspecified atom stereocenters. The van der Waals surface area contributed by atoms with Gasteiger partial charge >= 0.3 is 0 Å². The fourth-order valence-corrected chi connectivity index (χ4v) is 4.60. The second-order valence-corrected chi connectivity index (χ2v) is 9.31. The van der Waals surface area contributed by atoms with E-state index in [-0.39, 0.29) is 23.3 Å². The van der Waals surface area contributed by atoms with E-state index >= 15 is 0 Å². The highest BCUT2D eigenvalue weighted by molar-refractivity contribution is 7.89. The van der Waals surface area contributed by atoms with E-state index in [1.807, 2.05) is 13.8 Å². The molecular weight excluding hydrogens is 410 g/mol. The van der Waals surface area contributed by atoms with E-state index < -0.39 is 10.0 Å². The number of ether oxygens (including phenoxy) is 2. The number of benzene rings is 1. The minimum atomic E-state index is -3.71. The molecular formula is C20H27N3O6S. The van der Waals surface area contributed by atoms with Crippen LogP contribution in [0.3, 0.4) is 0 Å². The molecule has 9 nitrogen and oxygen atoms in total. The van der Waals surface area contributed by atoms with E-state index in [2.05, 4.69) is 10.5 Å². The van der Waals surface area contributed by atoms with Crippen molar-refractivity contribution < 1.29 is 27.2 Å². The van der Waals surface area contributed by atoms with Crippen molar-refractivity contribution >= 4 is 21.6 Å². The molecule has 30 heavy (non-hydrogen) atoms. The van der Waals surface area contributed by atoms with Crippen molar-refractivity contribution in [3.63, 3.8) is 0 Å². The van der Waals surface area contributed by atoms with Gasteiger partial charge in [0.25, 0.3) is 0 Å². The van der Waals surface area contributed by atoms with Gasteiger partial charge in [-0.05, 0) is 45.9 Å². The first kappa shape index (κ1) is 22.3. The lowest BCUT2D eigenvalue weighted by molar-refractivity contribution is -0.115. The summed E-state index contributed by atoms with van der Waals surface area (Å²) < 4.78 is 43.5. The largest absolute Gasteiger partial charge is 0.489 e. The Morgan fingerprint density at radius 3 is 2.57 bits per heavy atom. The fourth-order valence-electron chi connectivity index (χ4n) is 3.17. The van der Waals surface area contributed by atoms with Gasteiger partial charge in [0, 0.05) is 18.7 Å². The highest BCUT2D eigenvalue weighted by Crippen LogP contribution is 2.30. The third kappa shape index (κ3) is 5.00. The SMILES string of the molecule is Cc1noc(C)c1CC(=O)Nc1cc(S(=O)(=O)N2CCOCC2)ccc1OC(C)C. The van der Waals surface area contributed by atoms with Crippen LogP contribution in [-0.2, 0) is 26.0 Å². The Kier molecular flexibility index (Phi) is 6.79. The molecule has 1 aromatic carbocycles. The molecule has 0 aliphatic carbocycles. The number of amides is 1. The third-order valence-corrected chi connectivity index (χ3v) is 6.61. The first-order valence-electron chi connectivity index (χ1n) is 9.78. The topological polar surface area (TPSA) is 111 Å². The summed E-state index contributed by atoms with van der Waals surface area (Å²) in [5.41, 5.74) is 1.65. The number of morpholine rings is 1. The Morgan fingerprint density at radius 2 is 1.97 bits per heavy atom. The van der Waals surface area contributed by atoms with Crippen LogP contribution in [0.2, 0.25) is 0 Å². The number of anilines is 1. The van der Waals surface area contributed by atoms with Gasteiger partial charge < -0.3 is 19.3 Å². The van der Waals surface area contributed by atoms with Crippen LogP contribution >= 0.6 is 0 Å². The lowest BCUT2D eigenvalue weighted by atomic mass is 10.1. The van der Waals surface area contributed by atoms with Gasteiger partial charge in [-0.2, -0.15) is 4.31 Å². The number of sulfonamides is 1. The van der Waals surface area contributed by atoms with Crippen molar-refractivity contribution in [2.45, 2.75) is 45.1 Å². The first-order chi connectivity index (χ1) is 14.2. The molecule has 1 fully saturated rings. The third-order valence-electron chi connectivity index (χ3n) is 4.71. The molecule has 1 saturated heterocycles. The van der Waals surface area contributed by atoms with Gasteiger partial charge in [0.15, 0.2) is 0 Å². The summed E-state index contributed by atoms with van der Waals surface area (Å²) in [7, 11) is -3.71. The number of hydrogen-bond donors (Lipinski definition) is 1. The number of aromatic nitrogens is 1. The zero-order chi connectivity index (χ0) is 21.9. The number of nitrogens with zero attached hydrogens (tertiary/aromatic N) is 2. The Hall–Kier alpha value is -2.43. The summed E-state index contributed by atoms with van der Waals surface area (Å²) in [6, 6.07) is 4.50. The van der Waals surface area contributed by atoms with Gasteiger partial charge in [-0.25, -0.2) is 8.42 Å². The van der Waals surface area contributed by atoms with Gasteiger partial charge in [0.05, 0.1) is 42.0 Å². The molecule has 1 aliphatic heterocycles. The quantitative estimate of drug-likeness (QED) is 0.707. The van der Waals surface area contributed by atoms with Crippen molar-refractivity contribution in [2.75, 3.05) is 31.6 Å². The standard InChI is InChI=1S/C20H27N3O6S/c1-13(2)28-19-6-5-16(30(25,26)23-7-9-27-10-8-23)11-18(19)21-20(24)12-17-14(3)22-29-15(17)4/h5-6,11,13H,7-10,12H2,1-4H3,(H,21,24). The second kappa shape index (κ2) is 9.15. The molecule has 2 heterocycles. The smallest absolute Gasteiger partial charge is 0.243 e. The van der Waals surface area contributed by atoms with E-state index in [1.165, 1.54) is 16.4 Å². The lowest BCUT2D eigenvalue weighted by Gasteiger charge is -2.26. The van der Waals surface area contributed by atoms with Crippen LogP contribution in [0.25, 0.3) is 0 Å². The van der Waals surface area contributed by atoms with Crippen molar-refractivity contribution in [3.05, 3.63) is 35.2 Å². The number of nitrogens with one attached hydrogen (secondary N) is 1. The average Bonchev–Trinajstić information content (AvgIpc) is 3.01. The van der Waals surface area contributed by atoms with Crippen molar-refractivity contribution in [1.29, 1.82) is 0 Å². The second-order valence-electron chi connectivity index (χ2n) is 7.37. The maximum absolute atomic E-state index is 13.0. The predicted molar refractivity (Wildman–Crippen MR) is 110 cm³/mol. The molecule has 3 rings (SSSR count). The molecule has 1 N–H and O–H groups in total. The zero-order valence-corrected chi connectivity index (χ0v) is 18.4. The maximum Gasteiger partial charge on any atom is 0.243 e. The Bertz CT molecular complexity index is 990. The van der Waals surface area contributed by atoms with Crippen LogP contribution in [-0.4, -0.2) is 56.2 Å². The number of rotatable bonds is 7. The summed E-state index contributed by atoms with van der Waals surface area (Å²) in [5, 5.41) is 6.64. The molecule has 0 bridgehead atoms. The molecule has 1 amide bonds. The Morgan fingerprint density at radius 1 is 1.27 bits per heavy atom. The normalized spacial score (nSPS) is 15.4. The molecule has 10 heteroatoms. The van der Waals surface area contributed by atoms with E-state index in [4.69, 9.17) is 14.0 Å². The van der Waals surface area contributed by atoms with Gasteiger partial charge in [-0.3, -0.25) is 4.79 Å². The summed E-state index contributed by atoms with van der Waals surface area (Å²) in [6.45, 7) is 8.51. The first-order valence-corrected chi connectivity index (χ1v) is 11.2. The van der Waals surface area contributed by atoms with Crippen molar-refractivity contribution in [3.8, 4) is 5.75 Å². The van der Waals surface area contributed by atoms with Gasteiger partial charge in [0.1, 0.15) is 11.5 Å². The molecule has 0 atom stereocenters. The van der Waals surface area contributed by atoms with Crippen LogP contribution in [0.15, 0.2) is 27.6 Å². The fraction of sp³-hybridized carbons (Fsp3) is 0.500. The van der Waals surface area contributed by atoms with E-state index in [9.17, 15) is 13.2 Å². The minimum absolute atomic E-state index is 0.0583. The molecule has 1 aromatic heterocycles. The van der Waals surface area contributed by atoms with Crippen molar-refractivity contribution in [2.24, 2.45) is 0 Å². The molecule has 0 spiro atoms. The predicted octanol–water partition coefficient (Wildman–Crippen LogP) is 2.28. The van der Waals surface area contributed by atoms with Crippen molar-refractivity contribution in [1.82, 2.24) is 9.46 Å². The summed E-state index contributed by atoms with van der Waals surface area (Å²) in [6.07, 6.45) is -0.0900. The Labute approximate surface area is 176 Å². The van der Waals surface area contributed by atoms with Crippen LogP contribution in [0.1, 0.15) is 30.9 Å². The summed E-state index contributed by atoms with van der Waals surface area (Å²) in [4.78, 5) is 12.8. The van der Waals surface area contributed by atoms with Crippen LogP contribution in [0.4, 0.5) is 5.69 Å². The van der Waals surface area contributed by atoms with E-state index in [0.717, 1.165) is 0 Å². The highest BCUT2D eigenvalue weighted by atomic mass is 32.2.